The first-order chi connectivity index (χ1) is 10.4. The van der Waals surface area contributed by atoms with Crippen molar-refractivity contribution >= 4 is 0 Å². The van der Waals surface area contributed by atoms with Crippen LogP contribution in [0.1, 0.15) is 24.5 Å². The number of methoxy groups -OCH3 is 1. The Labute approximate surface area is 125 Å². The molecule has 1 aromatic rings. The number of para-hydroxylation sites is 1. The Balaban J connectivity index is 1.83. The van der Waals surface area contributed by atoms with Crippen molar-refractivity contribution < 1.29 is 18.9 Å². The SMILES string of the molecule is COc1cccc(C2CNCCO2)c1OC1CCCOC1. The van der Waals surface area contributed by atoms with E-state index in [1.165, 1.54) is 0 Å². The first kappa shape index (κ1) is 14.6. The Morgan fingerprint density at radius 2 is 2.24 bits per heavy atom. The lowest BCUT2D eigenvalue weighted by atomic mass is 10.1. The summed E-state index contributed by atoms with van der Waals surface area (Å²) in [4.78, 5) is 0. The van der Waals surface area contributed by atoms with Gasteiger partial charge in [0.25, 0.3) is 0 Å². The highest BCUT2D eigenvalue weighted by Gasteiger charge is 2.25. The summed E-state index contributed by atoms with van der Waals surface area (Å²) in [6.07, 6.45) is 2.15. The molecule has 5 heteroatoms. The van der Waals surface area contributed by atoms with Crippen LogP contribution in [0.4, 0.5) is 0 Å². The molecule has 0 spiro atoms. The molecule has 2 aliphatic heterocycles. The molecule has 2 unspecified atom stereocenters. The third-order valence-corrected chi connectivity index (χ3v) is 3.91. The van der Waals surface area contributed by atoms with E-state index in [4.69, 9.17) is 18.9 Å². The Kier molecular flexibility index (Phi) is 4.95. The van der Waals surface area contributed by atoms with Gasteiger partial charge in [-0.2, -0.15) is 0 Å². The van der Waals surface area contributed by atoms with Crippen molar-refractivity contribution in [2.24, 2.45) is 0 Å². The minimum Gasteiger partial charge on any atom is -0.493 e. The van der Waals surface area contributed by atoms with Crippen molar-refractivity contribution in [1.82, 2.24) is 5.32 Å². The fraction of sp³-hybridized carbons (Fsp3) is 0.625. The molecule has 2 saturated heterocycles. The summed E-state index contributed by atoms with van der Waals surface area (Å²) in [6, 6.07) is 5.97. The first-order valence-electron chi connectivity index (χ1n) is 7.62. The van der Waals surface area contributed by atoms with Gasteiger partial charge in [-0.05, 0) is 18.9 Å². The van der Waals surface area contributed by atoms with Crippen LogP contribution in [0, 0.1) is 0 Å². The number of rotatable bonds is 4. The van der Waals surface area contributed by atoms with E-state index in [-0.39, 0.29) is 12.2 Å². The highest BCUT2D eigenvalue weighted by Crippen LogP contribution is 2.37. The third kappa shape index (κ3) is 3.48. The van der Waals surface area contributed by atoms with Crippen molar-refractivity contribution in [3.05, 3.63) is 23.8 Å². The topological polar surface area (TPSA) is 49.0 Å². The molecule has 21 heavy (non-hydrogen) atoms. The van der Waals surface area contributed by atoms with Gasteiger partial charge >= 0.3 is 0 Å². The van der Waals surface area contributed by atoms with Gasteiger partial charge in [-0.1, -0.05) is 12.1 Å². The highest BCUT2D eigenvalue weighted by molar-refractivity contribution is 5.48. The van der Waals surface area contributed by atoms with E-state index in [0.717, 1.165) is 49.6 Å². The van der Waals surface area contributed by atoms with Gasteiger partial charge in [0.1, 0.15) is 6.10 Å². The van der Waals surface area contributed by atoms with Crippen molar-refractivity contribution in [3.63, 3.8) is 0 Å². The molecule has 2 aliphatic rings. The van der Waals surface area contributed by atoms with Crippen LogP contribution in [0.25, 0.3) is 0 Å². The predicted molar refractivity (Wildman–Crippen MR) is 79.0 cm³/mol. The molecular formula is C16H23NO4. The minimum atomic E-state index is 0.00774. The van der Waals surface area contributed by atoms with E-state index in [9.17, 15) is 0 Å². The van der Waals surface area contributed by atoms with Gasteiger partial charge in [0.2, 0.25) is 0 Å². The Morgan fingerprint density at radius 3 is 2.95 bits per heavy atom. The number of ether oxygens (including phenoxy) is 4. The maximum atomic E-state index is 6.20. The summed E-state index contributed by atoms with van der Waals surface area (Å²) in [5, 5.41) is 3.36. The Morgan fingerprint density at radius 1 is 1.29 bits per heavy atom. The zero-order chi connectivity index (χ0) is 14.5. The average Bonchev–Trinajstić information content (AvgIpc) is 2.57. The molecule has 2 heterocycles. The molecule has 1 aromatic carbocycles. The fourth-order valence-corrected chi connectivity index (χ4v) is 2.81. The summed E-state index contributed by atoms with van der Waals surface area (Å²) in [5.74, 6) is 1.55. The van der Waals surface area contributed by atoms with Gasteiger partial charge in [0.05, 0.1) is 26.4 Å². The van der Waals surface area contributed by atoms with Crippen molar-refractivity contribution in [2.75, 3.05) is 40.0 Å². The lowest BCUT2D eigenvalue weighted by Crippen LogP contribution is -2.34. The molecule has 0 amide bonds. The summed E-state index contributed by atoms with van der Waals surface area (Å²) < 4.78 is 23.0. The second-order valence-electron chi connectivity index (χ2n) is 5.40. The first-order valence-corrected chi connectivity index (χ1v) is 7.62. The molecule has 3 rings (SSSR count). The normalized spacial score (nSPS) is 26.3. The third-order valence-electron chi connectivity index (χ3n) is 3.91. The van der Waals surface area contributed by atoms with Gasteiger partial charge in [-0.3, -0.25) is 0 Å². The maximum Gasteiger partial charge on any atom is 0.167 e. The van der Waals surface area contributed by atoms with Gasteiger partial charge in [0, 0.05) is 25.3 Å². The predicted octanol–water partition coefficient (Wildman–Crippen LogP) is 1.91. The highest BCUT2D eigenvalue weighted by atomic mass is 16.6. The molecule has 0 saturated carbocycles. The lowest BCUT2D eigenvalue weighted by Gasteiger charge is -2.29. The monoisotopic (exact) mass is 293 g/mol. The van der Waals surface area contributed by atoms with E-state index in [1.54, 1.807) is 7.11 Å². The molecule has 0 radical (unpaired) electrons. The summed E-state index contributed by atoms with van der Waals surface area (Å²) in [5.41, 5.74) is 1.05. The van der Waals surface area contributed by atoms with Crippen molar-refractivity contribution in [3.8, 4) is 11.5 Å². The smallest absolute Gasteiger partial charge is 0.167 e. The Bertz CT molecular complexity index is 454. The largest absolute Gasteiger partial charge is 0.493 e. The number of hydrogen-bond donors (Lipinski definition) is 1. The quantitative estimate of drug-likeness (QED) is 0.919. The van der Waals surface area contributed by atoms with Crippen LogP contribution in [0.2, 0.25) is 0 Å². The average molecular weight is 293 g/mol. The number of hydrogen-bond acceptors (Lipinski definition) is 5. The molecule has 116 valence electrons. The molecule has 0 aromatic heterocycles. The molecular weight excluding hydrogens is 270 g/mol. The summed E-state index contributed by atoms with van der Waals surface area (Å²) in [7, 11) is 1.67. The van der Waals surface area contributed by atoms with Crippen molar-refractivity contribution in [2.45, 2.75) is 25.0 Å². The zero-order valence-corrected chi connectivity index (χ0v) is 12.5. The summed E-state index contributed by atoms with van der Waals surface area (Å²) in [6.45, 7) is 3.88. The fourth-order valence-electron chi connectivity index (χ4n) is 2.81. The molecule has 5 nitrogen and oxygen atoms in total. The molecule has 0 bridgehead atoms. The minimum absolute atomic E-state index is 0.00774. The molecule has 2 fully saturated rings. The van der Waals surface area contributed by atoms with E-state index >= 15 is 0 Å². The van der Waals surface area contributed by atoms with Crippen LogP contribution in [-0.2, 0) is 9.47 Å². The molecule has 0 aliphatic carbocycles. The second kappa shape index (κ2) is 7.11. The number of nitrogens with one attached hydrogen (secondary N) is 1. The van der Waals surface area contributed by atoms with Gasteiger partial charge in [-0.25, -0.2) is 0 Å². The van der Waals surface area contributed by atoms with Crippen LogP contribution in [0.15, 0.2) is 18.2 Å². The van der Waals surface area contributed by atoms with Crippen molar-refractivity contribution in [1.29, 1.82) is 0 Å². The lowest BCUT2D eigenvalue weighted by molar-refractivity contribution is -0.000269. The molecule has 2 atom stereocenters. The zero-order valence-electron chi connectivity index (χ0n) is 12.5. The number of morpholine rings is 1. The molecule has 1 N–H and O–H groups in total. The van der Waals surface area contributed by atoms with Crippen LogP contribution < -0.4 is 14.8 Å². The van der Waals surface area contributed by atoms with Crippen LogP contribution in [0.5, 0.6) is 11.5 Å². The van der Waals surface area contributed by atoms with Crippen LogP contribution >= 0.6 is 0 Å². The van der Waals surface area contributed by atoms with Crippen LogP contribution in [0.3, 0.4) is 0 Å². The van der Waals surface area contributed by atoms with E-state index in [0.29, 0.717) is 13.2 Å². The Hall–Kier alpha value is -1.30. The van der Waals surface area contributed by atoms with E-state index < -0.39 is 0 Å². The van der Waals surface area contributed by atoms with Gasteiger partial charge in [-0.15, -0.1) is 0 Å². The van der Waals surface area contributed by atoms with E-state index in [2.05, 4.69) is 11.4 Å². The van der Waals surface area contributed by atoms with Gasteiger partial charge in [0.15, 0.2) is 11.5 Å². The van der Waals surface area contributed by atoms with Gasteiger partial charge < -0.3 is 24.3 Å². The standard InChI is InChI=1S/C16H23NO4/c1-18-14-6-2-5-13(15-10-17-7-9-20-15)16(14)21-12-4-3-8-19-11-12/h2,5-6,12,15,17H,3-4,7-11H2,1H3. The van der Waals surface area contributed by atoms with Crippen LogP contribution in [-0.4, -0.2) is 46.1 Å². The number of benzene rings is 1. The maximum absolute atomic E-state index is 6.20. The van der Waals surface area contributed by atoms with E-state index in [1.807, 2.05) is 12.1 Å². The second-order valence-corrected chi connectivity index (χ2v) is 5.40. The summed E-state index contributed by atoms with van der Waals surface area (Å²) >= 11 is 0.